The molecule has 1 saturated heterocycles. The van der Waals surface area contributed by atoms with Gasteiger partial charge in [-0.15, -0.1) is 0 Å². The Morgan fingerprint density at radius 2 is 2.42 bits per heavy atom. The summed E-state index contributed by atoms with van der Waals surface area (Å²) in [5.74, 6) is 0. The topological polar surface area (TPSA) is 45.1 Å². The van der Waals surface area contributed by atoms with E-state index in [1.807, 2.05) is 0 Å². The highest BCUT2D eigenvalue weighted by molar-refractivity contribution is 5.85. The second-order valence-electron chi connectivity index (χ2n) is 3.19. The Kier molecular flexibility index (Phi) is 4.25. The second kappa shape index (κ2) is 5.27. The van der Waals surface area contributed by atoms with Crippen LogP contribution >= 0.6 is 0 Å². The van der Waals surface area contributed by atoms with Crippen molar-refractivity contribution in [1.82, 2.24) is 5.32 Å². The summed E-state index contributed by atoms with van der Waals surface area (Å²) >= 11 is 0. The highest BCUT2D eigenvalue weighted by Crippen LogP contribution is 2.05. The van der Waals surface area contributed by atoms with E-state index < -0.39 is 0 Å². The average molecular weight is 170 g/mol. The molecule has 0 aliphatic carbocycles. The van der Waals surface area contributed by atoms with Crippen molar-refractivity contribution >= 4 is 5.71 Å². The zero-order valence-corrected chi connectivity index (χ0v) is 7.73. The summed E-state index contributed by atoms with van der Waals surface area (Å²) in [5, 5.41) is 10.8. The Hall–Kier alpha value is -0.410. The Bertz CT molecular complexity index is 141. The van der Waals surface area contributed by atoms with Crippen LogP contribution in [0.3, 0.4) is 0 Å². The maximum Gasteiger partial charge on any atom is 0.146 e. The first-order valence-corrected chi connectivity index (χ1v) is 4.77. The molecular formula is C9H18N2O. The normalized spacial score (nSPS) is 22.9. The second-order valence-corrected chi connectivity index (χ2v) is 3.19. The first-order chi connectivity index (χ1) is 5.84. The summed E-state index contributed by atoms with van der Waals surface area (Å²) < 4.78 is 5.31. The molecule has 2 N–H and O–H groups in total. The van der Waals surface area contributed by atoms with Crippen LogP contribution in [-0.2, 0) is 4.74 Å². The van der Waals surface area contributed by atoms with Gasteiger partial charge in [-0.25, -0.2) is 0 Å². The fourth-order valence-electron chi connectivity index (χ4n) is 1.35. The van der Waals surface area contributed by atoms with E-state index >= 15 is 0 Å². The van der Waals surface area contributed by atoms with Crippen molar-refractivity contribution in [3.05, 3.63) is 0 Å². The molecule has 0 bridgehead atoms. The first kappa shape index (κ1) is 9.68. The minimum absolute atomic E-state index is 0.0816. The highest BCUT2D eigenvalue weighted by atomic mass is 16.5. The van der Waals surface area contributed by atoms with Crippen molar-refractivity contribution in [2.45, 2.75) is 38.8 Å². The summed E-state index contributed by atoms with van der Waals surface area (Å²) in [6.45, 7) is 3.82. The molecule has 1 aliphatic heterocycles. The molecule has 0 radical (unpaired) electrons. The van der Waals surface area contributed by atoms with Crippen LogP contribution in [0.5, 0.6) is 0 Å². The van der Waals surface area contributed by atoms with Crippen molar-refractivity contribution < 1.29 is 4.74 Å². The Labute approximate surface area is 74.0 Å². The van der Waals surface area contributed by atoms with Crippen LogP contribution in [0, 0.1) is 5.41 Å². The molecule has 1 heterocycles. The summed E-state index contributed by atoms with van der Waals surface area (Å²) in [5.41, 5.74) is 0.709. The fourth-order valence-corrected chi connectivity index (χ4v) is 1.35. The smallest absolute Gasteiger partial charge is 0.146 e. The van der Waals surface area contributed by atoms with E-state index in [0.717, 1.165) is 26.0 Å². The van der Waals surface area contributed by atoms with Gasteiger partial charge in [0.2, 0.25) is 0 Å². The van der Waals surface area contributed by atoms with Crippen molar-refractivity contribution in [3.8, 4) is 0 Å². The van der Waals surface area contributed by atoms with E-state index in [-0.39, 0.29) is 6.23 Å². The van der Waals surface area contributed by atoms with Crippen LogP contribution in [-0.4, -0.2) is 25.1 Å². The van der Waals surface area contributed by atoms with Gasteiger partial charge >= 0.3 is 0 Å². The van der Waals surface area contributed by atoms with Gasteiger partial charge in [0.05, 0.1) is 12.3 Å². The van der Waals surface area contributed by atoms with Crippen molar-refractivity contribution in [2.24, 2.45) is 0 Å². The van der Waals surface area contributed by atoms with Crippen molar-refractivity contribution in [1.29, 1.82) is 5.41 Å². The van der Waals surface area contributed by atoms with Crippen LogP contribution in [0.2, 0.25) is 0 Å². The molecule has 1 rings (SSSR count). The SMILES string of the molecule is CCCCCC(=N)C1NCCO1. The molecule has 0 spiro atoms. The van der Waals surface area contributed by atoms with Gasteiger partial charge in [0, 0.05) is 6.54 Å². The highest BCUT2D eigenvalue weighted by Gasteiger charge is 2.18. The lowest BCUT2D eigenvalue weighted by molar-refractivity contribution is 0.149. The molecule has 3 heteroatoms. The predicted molar refractivity (Wildman–Crippen MR) is 49.6 cm³/mol. The van der Waals surface area contributed by atoms with Gasteiger partial charge in [-0.1, -0.05) is 19.8 Å². The third-order valence-electron chi connectivity index (χ3n) is 2.08. The van der Waals surface area contributed by atoms with Crippen LogP contribution < -0.4 is 5.32 Å². The van der Waals surface area contributed by atoms with Crippen LogP contribution in [0.4, 0.5) is 0 Å². The average Bonchev–Trinajstić information content (AvgIpc) is 2.56. The summed E-state index contributed by atoms with van der Waals surface area (Å²) in [4.78, 5) is 0. The Balaban J connectivity index is 2.10. The third kappa shape index (κ3) is 2.91. The maximum atomic E-state index is 7.68. The lowest BCUT2D eigenvalue weighted by Crippen LogP contribution is -2.31. The molecule has 70 valence electrons. The van der Waals surface area contributed by atoms with Gasteiger partial charge in [-0.05, 0) is 12.8 Å². The van der Waals surface area contributed by atoms with E-state index in [2.05, 4.69) is 12.2 Å². The third-order valence-corrected chi connectivity index (χ3v) is 2.08. The van der Waals surface area contributed by atoms with E-state index in [1.165, 1.54) is 12.8 Å². The van der Waals surface area contributed by atoms with Crippen molar-refractivity contribution in [3.63, 3.8) is 0 Å². The van der Waals surface area contributed by atoms with Crippen LogP contribution in [0.25, 0.3) is 0 Å². The standard InChI is InChI=1S/C9H18N2O/c1-2-3-4-5-8(10)9-11-6-7-12-9/h9-11H,2-7H2,1H3. The fraction of sp³-hybridized carbons (Fsp3) is 0.889. The van der Waals surface area contributed by atoms with E-state index in [0.29, 0.717) is 5.71 Å². The zero-order valence-electron chi connectivity index (χ0n) is 7.73. The molecule has 3 nitrogen and oxygen atoms in total. The Morgan fingerprint density at radius 1 is 1.58 bits per heavy atom. The van der Waals surface area contributed by atoms with Crippen molar-refractivity contribution in [2.75, 3.05) is 13.2 Å². The van der Waals surface area contributed by atoms with Gasteiger partial charge < -0.3 is 10.1 Å². The van der Waals surface area contributed by atoms with Gasteiger partial charge in [-0.2, -0.15) is 0 Å². The molecule has 0 amide bonds. The molecule has 1 aliphatic rings. The number of ether oxygens (including phenoxy) is 1. The number of nitrogens with one attached hydrogen (secondary N) is 2. The van der Waals surface area contributed by atoms with E-state index in [1.54, 1.807) is 0 Å². The first-order valence-electron chi connectivity index (χ1n) is 4.77. The molecule has 0 saturated carbocycles. The minimum Gasteiger partial charge on any atom is -0.356 e. The Morgan fingerprint density at radius 3 is 3.00 bits per heavy atom. The van der Waals surface area contributed by atoms with E-state index in [9.17, 15) is 0 Å². The number of hydrogen-bond donors (Lipinski definition) is 2. The minimum atomic E-state index is -0.0816. The van der Waals surface area contributed by atoms with Crippen LogP contribution in [0.15, 0.2) is 0 Å². The maximum absolute atomic E-state index is 7.68. The summed E-state index contributed by atoms with van der Waals surface area (Å²) in [6.07, 6.45) is 4.35. The van der Waals surface area contributed by atoms with Gasteiger partial charge in [0.15, 0.2) is 0 Å². The molecule has 1 atom stereocenters. The molecular weight excluding hydrogens is 152 g/mol. The largest absolute Gasteiger partial charge is 0.356 e. The van der Waals surface area contributed by atoms with Crippen LogP contribution in [0.1, 0.15) is 32.6 Å². The molecule has 0 aromatic carbocycles. The molecule has 1 unspecified atom stereocenters. The molecule has 0 aromatic rings. The monoisotopic (exact) mass is 170 g/mol. The summed E-state index contributed by atoms with van der Waals surface area (Å²) in [6, 6.07) is 0. The number of rotatable bonds is 5. The quantitative estimate of drug-likeness (QED) is 0.485. The van der Waals surface area contributed by atoms with Gasteiger partial charge in [0.1, 0.15) is 6.23 Å². The summed E-state index contributed by atoms with van der Waals surface area (Å²) in [7, 11) is 0. The van der Waals surface area contributed by atoms with Gasteiger partial charge in [-0.3, -0.25) is 5.32 Å². The molecule has 12 heavy (non-hydrogen) atoms. The predicted octanol–water partition coefficient (Wildman–Crippen LogP) is 1.53. The zero-order chi connectivity index (χ0) is 8.81. The molecule has 1 fully saturated rings. The lowest BCUT2D eigenvalue weighted by Gasteiger charge is -2.10. The lowest BCUT2D eigenvalue weighted by atomic mass is 10.1. The molecule has 0 aromatic heterocycles. The number of hydrogen-bond acceptors (Lipinski definition) is 3. The van der Waals surface area contributed by atoms with Gasteiger partial charge in [0.25, 0.3) is 0 Å². The van der Waals surface area contributed by atoms with E-state index in [4.69, 9.17) is 10.1 Å². The number of unbranched alkanes of at least 4 members (excludes halogenated alkanes) is 2.